The molecular weight excluding hydrogens is 308 g/mol. The lowest BCUT2D eigenvalue weighted by molar-refractivity contribution is -0.157. The van der Waals surface area contributed by atoms with E-state index in [-0.39, 0.29) is 13.0 Å². The molecule has 2 unspecified atom stereocenters. The molecule has 0 saturated carbocycles. The van der Waals surface area contributed by atoms with E-state index in [0.717, 1.165) is 4.90 Å². The lowest BCUT2D eigenvalue weighted by atomic mass is 9.96. The van der Waals surface area contributed by atoms with Crippen LogP contribution in [-0.2, 0) is 19.4 Å². The fraction of sp³-hybridized carbons (Fsp3) is 0.500. The zero-order chi connectivity index (χ0) is 16.7. The minimum absolute atomic E-state index is 0.0978. The number of rotatable bonds is 5. The SMILES string of the molecule is C=C=CN(/C=C\C)CC1(C)[C@H](C(=O)O)N2C(=O)CC2S1(=O)=O. The molecule has 120 valence electrons. The fourth-order valence-electron chi connectivity index (χ4n) is 3.10. The van der Waals surface area contributed by atoms with Crippen LogP contribution in [0.1, 0.15) is 20.3 Å². The second kappa shape index (κ2) is 5.30. The van der Waals surface area contributed by atoms with Gasteiger partial charge in [0.1, 0.15) is 10.1 Å². The van der Waals surface area contributed by atoms with Gasteiger partial charge in [-0.05, 0) is 20.0 Å². The number of allylic oxidation sites excluding steroid dienone is 1. The van der Waals surface area contributed by atoms with E-state index in [4.69, 9.17) is 0 Å². The van der Waals surface area contributed by atoms with Crippen molar-refractivity contribution in [2.75, 3.05) is 6.54 Å². The number of nitrogens with zero attached hydrogens (tertiary/aromatic N) is 2. The van der Waals surface area contributed by atoms with E-state index in [1.54, 1.807) is 19.2 Å². The van der Waals surface area contributed by atoms with Crippen LogP contribution in [0, 0.1) is 0 Å². The first kappa shape index (κ1) is 16.3. The van der Waals surface area contributed by atoms with Gasteiger partial charge >= 0.3 is 5.97 Å². The average Bonchev–Trinajstić information content (AvgIpc) is 2.54. The van der Waals surface area contributed by atoms with Gasteiger partial charge in [-0.25, -0.2) is 13.2 Å². The van der Waals surface area contributed by atoms with Gasteiger partial charge in [-0.15, -0.1) is 5.73 Å². The standard InChI is InChI=1S/C14H18N2O5S/c1-4-6-15(7-5-2)9-14(3)12(13(18)19)16-10(17)8-11(16)22(14,20)21/h5-7,11-12H,1,8-9H2,2-3H3,(H,18,19)/b7-5-/t11?,12-,14?/m0/s1. The summed E-state index contributed by atoms with van der Waals surface area (Å²) >= 11 is 0. The molecule has 0 radical (unpaired) electrons. The van der Waals surface area contributed by atoms with Gasteiger partial charge in [-0.2, -0.15) is 0 Å². The molecule has 0 aromatic rings. The molecular formula is C14H18N2O5S. The molecule has 0 aromatic heterocycles. The zero-order valence-corrected chi connectivity index (χ0v) is 13.2. The molecule has 0 aromatic carbocycles. The Morgan fingerprint density at radius 3 is 2.73 bits per heavy atom. The number of β-lactam (4-membered cyclic amide) rings is 1. The highest BCUT2D eigenvalue weighted by atomic mass is 32.2. The summed E-state index contributed by atoms with van der Waals surface area (Å²) in [6.45, 7) is 6.47. The molecule has 2 saturated heterocycles. The number of amides is 1. The quantitative estimate of drug-likeness (QED) is 0.577. The molecule has 1 N–H and O–H groups in total. The van der Waals surface area contributed by atoms with Crippen molar-refractivity contribution in [1.82, 2.24) is 9.80 Å². The second-order valence-corrected chi connectivity index (χ2v) is 8.11. The van der Waals surface area contributed by atoms with Crippen molar-refractivity contribution in [3.63, 3.8) is 0 Å². The van der Waals surface area contributed by atoms with Crippen molar-refractivity contribution in [2.45, 2.75) is 36.4 Å². The van der Waals surface area contributed by atoms with Crippen molar-refractivity contribution < 1.29 is 23.1 Å². The normalized spacial score (nSPS) is 32.3. The van der Waals surface area contributed by atoms with Crippen LogP contribution in [0.5, 0.6) is 0 Å². The number of sulfone groups is 1. The van der Waals surface area contributed by atoms with Crippen molar-refractivity contribution in [3.8, 4) is 0 Å². The van der Waals surface area contributed by atoms with Crippen LogP contribution in [0.3, 0.4) is 0 Å². The van der Waals surface area contributed by atoms with Gasteiger partial charge in [0.05, 0.1) is 6.42 Å². The van der Waals surface area contributed by atoms with Crippen LogP contribution in [0.2, 0.25) is 0 Å². The smallest absolute Gasteiger partial charge is 0.328 e. The van der Waals surface area contributed by atoms with Gasteiger partial charge in [0.2, 0.25) is 5.91 Å². The molecule has 1 amide bonds. The maximum atomic E-state index is 12.7. The zero-order valence-electron chi connectivity index (χ0n) is 12.4. The summed E-state index contributed by atoms with van der Waals surface area (Å²) in [7, 11) is -3.81. The number of carbonyl (C=O) groups excluding carboxylic acids is 1. The predicted octanol–water partition coefficient (Wildman–Crippen LogP) is 0.319. The van der Waals surface area contributed by atoms with Gasteiger partial charge in [-0.1, -0.05) is 12.7 Å². The van der Waals surface area contributed by atoms with E-state index in [1.807, 2.05) is 0 Å². The third-order valence-corrected chi connectivity index (χ3v) is 6.90. The van der Waals surface area contributed by atoms with E-state index in [1.165, 1.54) is 18.0 Å². The third kappa shape index (κ3) is 2.07. The van der Waals surface area contributed by atoms with E-state index in [9.17, 15) is 23.1 Å². The van der Waals surface area contributed by atoms with Gasteiger partial charge in [0.15, 0.2) is 15.9 Å². The highest BCUT2D eigenvalue weighted by Gasteiger charge is 2.70. The molecule has 7 nitrogen and oxygen atoms in total. The highest BCUT2D eigenvalue weighted by molar-refractivity contribution is 7.94. The van der Waals surface area contributed by atoms with Gasteiger partial charge < -0.3 is 14.9 Å². The second-order valence-electron chi connectivity index (χ2n) is 5.55. The summed E-state index contributed by atoms with van der Waals surface area (Å²) in [5, 5.41) is 8.42. The summed E-state index contributed by atoms with van der Waals surface area (Å²) in [5.41, 5.74) is 2.54. The Bertz CT molecular complexity index is 692. The van der Waals surface area contributed by atoms with Crippen LogP contribution >= 0.6 is 0 Å². The number of hydrogen-bond donors (Lipinski definition) is 1. The Morgan fingerprint density at radius 1 is 1.64 bits per heavy atom. The molecule has 0 aliphatic carbocycles. The highest BCUT2D eigenvalue weighted by Crippen LogP contribution is 2.46. The van der Waals surface area contributed by atoms with E-state index < -0.39 is 37.9 Å². The molecule has 2 rings (SSSR count). The Kier molecular flexibility index (Phi) is 3.93. The molecule has 22 heavy (non-hydrogen) atoms. The van der Waals surface area contributed by atoms with Gasteiger partial charge in [0, 0.05) is 12.7 Å². The Labute approximate surface area is 129 Å². The van der Waals surface area contributed by atoms with Crippen LogP contribution in [0.15, 0.2) is 30.8 Å². The van der Waals surface area contributed by atoms with Crippen molar-refractivity contribution in [3.05, 3.63) is 30.8 Å². The van der Waals surface area contributed by atoms with E-state index in [0.29, 0.717) is 0 Å². The van der Waals surface area contributed by atoms with E-state index >= 15 is 0 Å². The molecule has 2 heterocycles. The monoisotopic (exact) mass is 326 g/mol. The molecule has 8 heteroatoms. The topological polar surface area (TPSA) is 95.0 Å². The van der Waals surface area contributed by atoms with Gasteiger partial charge in [-0.3, -0.25) is 4.79 Å². The van der Waals surface area contributed by atoms with Crippen molar-refractivity contribution in [2.24, 2.45) is 0 Å². The van der Waals surface area contributed by atoms with E-state index in [2.05, 4.69) is 12.3 Å². The minimum Gasteiger partial charge on any atom is -0.480 e. The van der Waals surface area contributed by atoms with Crippen molar-refractivity contribution in [1.29, 1.82) is 0 Å². The number of carboxylic acids is 1. The number of carbonyl (C=O) groups is 2. The Hall–Kier alpha value is -2.05. The average molecular weight is 326 g/mol. The van der Waals surface area contributed by atoms with Crippen LogP contribution < -0.4 is 0 Å². The molecule has 2 aliphatic heterocycles. The predicted molar refractivity (Wildman–Crippen MR) is 79.2 cm³/mol. The Morgan fingerprint density at radius 2 is 2.27 bits per heavy atom. The lowest BCUT2D eigenvalue weighted by Gasteiger charge is -2.36. The molecule has 3 atom stereocenters. The first-order chi connectivity index (χ1) is 10.2. The molecule has 2 aliphatic rings. The van der Waals surface area contributed by atoms with Gasteiger partial charge in [0.25, 0.3) is 0 Å². The first-order valence-corrected chi connectivity index (χ1v) is 8.27. The van der Waals surface area contributed by atoms with Crippen LogP contribution in [0.25, 0.3) is 0 Å². The van der Waals surface area contributed by atoms with Crippen LogP contribution in [0.4, 0.5) is 0 Å². The third-order valence-electron chi connectivity index (χ3n) is 4.14. The maximum Gasteiger partial charge on any atom is 0.328 e. The summed E-state index contributed by atoms with van der Waals surface area (Å²) in [5.74, 6) is -1.76. The molecule has 2 fully saturated rings. The minimum atomic E-state index is -3.81. The largest absolute Gasteiger partial charge is 0.480 e. The maximum absolute atomic E-state index is 12.7. The number of aliphatic carboxylic acids is 1. The van der Waals surface area contributed by atoms with Crippen LogP contribution in [-0.4, -0.2) is 57.9 Å². The molecule has 0 bridgehead atoms. The summed E-state index contributed by atoms with van der Waals surface area (Å²) in [6.07, 6.45) is 4.59. The summed E-state index contributed by atoms with van der Waals surface area (Å²) in [4.78, 5) is 25.8. The van der Waals surface area contributed by atoms with Crippen molar-refractivity contribution >= 4 is 21.7 Å². The summed E-state index contributed by atoms with van der Waals surface area (Å²) < 4.78 is 23.8. The number of carboxylic acid groups (broad SMARTS) is 1. The lowest BCUT2D eigenvalue weighted by Crippen LogP contribution is -2.58. The first-order valence-electron chi connectivity index (χ1n) is 6.72. The fourth-order valence-corrected chi connectivity index (χ4v) is 5.48. The Balaban J connectivity index is 2.50. The number of fused-ring (bicyclic) bond motifs is 1. The number of hydrogen-bond acceptors (Lipinski definition) is 5. The molecule has 0 spiro atoms. The summed E-state index contributed by atoms with van der Waals surface area (Å²) in [6, 6.07) is -1.39.